The van der Waals surface area contributed by atoms with E-state index in [1.807, 2.05) is 30.3 Å². The van der Waals surface area contributed by atoms with Crippen LogP contribution >= 0.6 is 32.6 Å². The van der Waals surface area contributed by atoms with Gasteiger partial charge in [0.1, 0.15) is 6.61 Å². The van der Waals surface area contributed by atoms with Gasteiger partial charge in [-0.3, -0.25) is 0 Å². The van der Waals surface area contributed by atoms with Gasteiger partial charge in [0.25, 0.3) is 0 Å². The van der Waals surface area contributed by atoms with Crippen LogP contribution in [0, 0.1) is 5.82 Å². The van der Waals surface area contributed by atoms with Crippen molar-refractivity contribution in [2.75, 3.05) is 13.2 Å². The number of hydrogen-bond donors (Lipinski definition) is 1. The van der Waals surface area contributed by atoms with Gasteiger partial charge < -0.3 is 10.1 Å². The van der Waals surface area contributed by atoms with Crippen molar-refractivity contribution in [2.45, 2.75) is 28.5 Å². The zero-order valence-corrected chi connectivity index (χ0v) is 15.7. The second-order valence-electron chi connectivity index (χ2n) is 6.21. The molecule has 2 aliphatic heterocycles. The first kappa shape index (κ1) is 16.7. The minimum Gasteiger partial charge on any atom is -0.488 e. The van der Waals surface area contributed by atoms with E-state index in [9.17, 15) is 4.39 Å². The van der Waals surface area contributed by atoms with Gasteiger partial charge in [0.2, 0.25) is 0 Å². The molecular weight excluding hydrogens is 364 g/mol. The van der Waals surface area contributed by atoms with Gasteiger partial charge in [-0.2, -0.15) is 0 Å². The van der Waals surface area contributed by atoms with E-state index < -0.39 is 0 Å². The summed E-state index contributed by atoms with van der Waals surface area (Å²) in [5.74, 6) is 0.125. The Balaban J connectivity index is 1.85. The number of piperidine rings is 1. The Morgan fingerprint density at radius 1 is 1.25 bits per heavy atom. The predicted octanol–water partition coefficient (Wildman–Crippen LogP) is 4.11. The van der Waals surface area contributed by atoms with Gasteiger partial charge >= 0.3 is 0 Å². The summed E-state index contributed by atoms with van der Waals surface area (Å²) in [5.41, 5.74) is 0.968. The third-order valence-electron chi connectivity index (χ3n) is 4.75. The van der Waals surface area contributed by atoms with Crippen molar-refractivity contribution < 1.29 is 9.13 Å². The van der Waals surface area contributed by atoms with Crippen LogP contribution in [0.2, 0.25) is 5.02 Å². The lowest BCUT2D eigenvalue weighted by Gasteiger charge is -2.48. The summed E-state index contributed by atoms with van der Waals surface area (Å²) >= 11 is 7.81. The van der Waals surface area contributed by atoms with Crippen LogP contribution in [0.3, 0.4) is 0 Å². The molecule has 0 amide bonds. The second kappa shape index (κ2) is 6.49. The lowest BCUT2D eigenvalue weighted by Crippen LogP contribution is -2.57. The van der Waals surface area contributed by atoms with E-state index in [2.05, 4.69) is 14.6 Å². The third kappa shape index (κ3) is 2.74. The first-order valence-corrected chi connectivity index (χ1v) is 9.76. The molecule has 0 radical (unpaired) electrons. The Hall–Kier alpha value is -0.800. The predicted molar refractivity (Wildman–Crippen MR) is 101 cm³/mol. The first-order valence-electron chi connectivity index (χ1n) is 7.99. The average molecular weight is 382 g/mol. The van der Waals surface area contributed by atoms with Crippen LogP contribution < -0.4 is 15.4 Å². The van der Waals surface area contributed by atoms with Crippen LogP contribution in [-0.4, -0.2) is 19.2 Å². The molecule has 1 saturated heterocycles. The van der Waals surface area contributed by atoms with Gasteiger partial charge in [-0.25, -0.2) is 4.39 Å². The van der Waals surface area contributed by atoms with E-state index >= 15 is 0 Å². The van der Waals surface area contributed by atoms with Gasteiger partial charge in [-0.15, -0.1) is 21.0 Å². The molecule has 2 aromatic rings. The van der Waals surface area contributed by atoms with E-state index in [1.165, 1.54) is 6.07 Å². The Kier molecular flexibility index (Phi) is 4.51. The number of hydrogen-bond acceptors (Lipinski definition) is 3. The SMILES string of the molecule is Fc1ccc(P)c2c1OCC1NCCC[C@@]21Sc1ccc(Cl)cc1. The van der Waals surface area contributed by atoms with Crippen molar-refractivity contribution in [1.82, 2.24) is 5.32 Å². The number of nitrogens with one attached hydrogen (secondary N) is 1. The summed E-state index contributed by atoms with van der Waals surface area (Å²) in [4.78, 5) is 1.13. The van der Waals surface area contributed by atoms with E-state index in [-0.39, 0.29) is 16.6 Å². The quantitative estimate of drug-likeness (QED) is 0.791. The summed E-state index contributed by atoms with van der Waals surface area (Å²) in [6, 6.07) is 11.3. The Bertz CT molecular complexity index is 772. The second-order valence-corrected chi connectivity index (χ2v) is 8.67. The van der Waals surface area contributed by atoms with Gasteiger partial charge in [0.05, 0.1) is 10.8 Å². The normalized spacial score (nSPS) is 25.5. The van der Waals surface area contributed by atoms with Crippen molar-refractivity contribution in [1.29, 1.82) is 0 Å². The first-order chi connectivity index (χ1) is 11.6. The van der Waals surface area contributed by atoms with Gasteiger partial charge in [-0.05, 0) is 55.0 Å². The molecular formula is C18H18ClFNOPS. The monoisotopic (exact) mass is 381 g/mol. The summed E-state index contributed by atoms with van der Waals surface area (Å²) in [6.45, 7) is 1.45. The summed E-state index contributed by atoms with van der Waals surface area (Å²) < 4.78 is 20.0. The van der Waals surface area contributed by atoms with E-state index in [0.29, 0.717) is 12.4 Å². The number of ether oxygens (including phenoxy) is 1. The van der Waals surface area contributed by atoms with Gasteiger partial charge in [0.15, 0.2) is 11.6 Å². The maximum atomic E-state index is 14.4. The van der Waals surface area contributed by atoms with Crippen LogP contribution in [0.4, 0.5) is 4.39 Å². The lowest BCUT2D eigenvalue weighted by atomic mass is 9.81. The Morgan fingerprint density at radius 2 is 2.04 bits per heavy atom. The van der Waals surface area contributed by atoms with Crippen molar-refractivity contribution in [3.05, 3.63) is 52.8 Å². The zero-order valence-electron chi connectivity index (χ0n) is 13.0. The highest BCUT2D eigenvalue weighted by Gasteiger charge is 2.49. The molecule has 2 nitrogen and oxygen atoms in total. The molecule has 0 bridgehead atoms. The average Bonchev–Trinajstić information content (AvgIpc) is 2.59. The maximum absolute atomic E-state index is 14.4. The van der Waals surface area contributed by atoms with Crippen molar-refractivity contribution in [3.8, 4) is 5.75 Å². The fourth-order valence-corrected chi connectivity index (χ4v) is 5.92. The van der Waals surface area contributed by atoms with E-state index in [4.69, 9.17) is 16.3 Å². The molecule has 2 aliphatic rings. The van der Waals surface area contributed by atoms with Crippen LogP contribution in [0.5, 0.6) is 5.75 Å². The van der Waals surface area contributed by atoms with Gasteiger partial charge in [0, 0.05) is 15.5 Å². The molecule has 3 atom stereocenters. The van der Waals surface area contributed by atoms with Crippen molar-refractivity contribution in [3.63, 3.8) is 0 Å². The minimum absolute atomic E-state index is 0.153. The fraction of sp³-hybridized carbons (Fsp3) is 0.333. The van der Waals surface area contributed by atoms with Crippen LogP contribution in [0.15, 0.2) is 41.3 Å². The van der Waals surface area contributed by atoms with Crippen molar-refractivity contribution in [2.24, 2.45) is 0 Å². The number of rotatable bonds is 2. The molecule has 2 unspecified atom stereocenters. The molecule has 0 saturated carbocycles. The summed E-state index contributed by atoms with van der Waals surface area (Å²) in [7, 11) is 2.75. The van der Waals surface area contributed by atoms with Gasteiger partial charge in [-0.1, -0.05) is 17.7 Å². The lowest BCUT2D eigenvalue weighted by molar-refractivity contribution is 0.168. The number of thioether (sulfide) groups is 1. The minimum atomic E-state index is -0.281. The third-order valence-corrected chi connectivity index (χ3v) is 7.05. The Labute approximate surface area is 152 Å². The van der Waals surface area contributed by atoms with Crippen LogP contribution in [-0.2, 0) is 4.75 Å². The zero-order chi connectivity index (χ0) is 16.7. The largest absolute Gasteiger partial charge is 0.488 e. The molecule has 0 spiro atoms. The molecule has 126 valence electrons. The molecule has 24 heavy (non-hydrogen) atoms. The molecule has 6 heteroatoms. The molecule has 0 aromatic heterocycles. The van der Waals surface area contributed by atoms with Crippen LogP contribution in [0.1, 0.15) is 18.4 Å². The smallest absolute Gasteiger partial charge is 0.165 e. The number of halogens is 2. The molecule has 4 rings (SSSR count). The highest BCUT2D eigenvalue weighted by Crippen LogP contribution is 2.54. The Morgan fingerprint density at radius 3 is 2.83 bits per heavy atom. The molecule has 0 aliphatic carbocycles. The number of benzene rings is 2. The topological polar surface area (TPSA) is 21.3 Å². The highest BCUT2D eigenvalue weighted by atomic mass is 35.5. The molecule has 2 heterocycles. The standard InChI is InChI=1S/C18H18ClFNOPS/c19-11-2-4-12(5-3-11)24-18-8-1-9-21-15(18)10-22-17-13(20)6-7-14(23)16(17)18/h2-7,15,21H,1,8-10,23H2/t15?,18-/m0/s1. The summed E-state index contributed by atoms with van der Waals surface area (Å²) in [6.07, 6.45) is 2.04. The fourth-order valence-electron chi connectivity index (χ4n) is 3.66. The summed E-state index contributed by atoms with van der Waals surface area (Å²) in [5, 5.41) is 5.30. The molecule has 1 N–H and O–H groups in total. The molecule has 1 fully saturated rings. The van der Waals surface area contributed by atoms with Crippen molar-refractivity contribution >= 4 is 37.9 Å². The number of fused-ring (bicyclic) bond motifs is 3. The highest BCUT2D eigenvalue weighted by molar-refractivity contribution is 8.00. The maximum Gasteiger partial charge on any atom is 0.165 e. The van der Waals surface area contributed by atoms with Crippen LogP contribution in [0.25, 0.3) is 0 Å². The molecule has 2 aromatic carbocycles. The van der Waals surface area contributed by atoms with E-state index in [1.54, 1.807) is 11.8 Å². The van der Waals surface area contributed by atoms with E-state index in [0.717, 1.165) is 40.2 Å².